The van der Waals surface area contributed by atoms with E-state index in [1.807, 2.05) is 24.3 Å². The molecule has 2 aliphatic heterocycles. The first kappa shape index (κ1) is 7.62. The fraction of sp³-hybridized carbons (Fsp3) is 0. The van der Waals surface area contributed by atoms with Gasteiger partial charge in [-0.3, -0.25) is 0 Å². The Morgan fingerprint density at radius 3 is 3.23 bits per heavy atom. The molecule has 0 aliphatic carbocycles. The van der Waals surface area contributed by atoms with Gasteiger partial charge < -0.3 is 0 Å². The summed E-state index contributed by atoms with van der Waals surface area (Å²) in [6.07, 6.45) is 0. The molecule has 3 nitrogen and oxygen atoms in total. The van der Waals surface area contributed by atoms with Gasteiger partial charge in [-0.2, -0.15) is 0 Å². The third-order valence-corrected chi connectivity index (χ3v) is 4.57. The van der Waals surface area contributed by atoms with Crippen molar-refractivity contribution >= 4 is 40.9 Å². The van der Waals surface area contributed by atoms with Crippen molar-refractivity contribution < 1.29 is 4.74 Å². The molecule has 0 bridgehead atoms. The van der Waals surface area contributed by atoms with Crippen LogP contribution in [0.5, 0.6) is 5.75 Å². The molecular weight excluding hydrogens is 251 g/mol. The second kappa shape index (κ2) is 2.87. The average Bonchev–Trinajstić information content (AvgIpc) is 2.61. The first-order valence-electron chi connectivity index (χ1n) is 3.71. The summed E-state index contributed by atoms with van der Waals surface area (Å²) in [7, 11) is 1.67. The molecule has 0 spiro atoms. The first-order valence-corrected chi connectivity index (χ1v) is 7.32. The Morgan fingerprint density at radius 1 is 1.31 bits per heavy atom. The zero-order valence-electron chi connectivity index (χ0n) is 6.43. The van der Waals surface area contributed by atoms with Gasteiger partial charge in [0.2, 0.25) is 0 Å². The van der Waals surface area contributed by atoms with Crippen LogP contribution in [0, 0.1) is 0 Å². The van der Waals surface area contributed by atoms with Crippen LogP contribution in [0.4, 0.5) is 5.69 Å². The molecule has 0 N–H and O–H groups in total. The summed E-state index contributed by atoms with van der Waals surface area (Å²) >= 11 is 0.218. The molecule has 0 saturated carbocycles. The number of para-hydroxylation sites is 2. The maximum atomic E-state index is 5.57. The van der Waals surface area contributed by atoms with Crippen molar-refractivity contribution in [1.82, 2.24) is 0 Å². The van der Waals surface area contributed by atoms with E-state index in [1.165, 1.54) is 0 Å². The summed E-state index contributed by atoms with van der Waals surface area (Å²) in [5.74, 6) is 1.51. The van der Waals surface area contributed by atoms with E-state index in [2.05, 4.69) is 9.00 Å². The summed E-state index contributed by atoms with van der Waals surface area (Å²) < 4.78 is 9.82. The molecular formula is C8H4N2OSSe. The Labute approximate surface area is 84.7 Å². The van der Waals surface area contributed by atoms with Crippen LogP contribution in [0.25, 0.3) is 0 Å². The fourth-order valence-electron chi connectivity index (χ4n) is 1.14. The zero-order valence-corrected chi connectivity index (χ0v) is 8.96. The molecule has 0 unspecified atom stereocenters. The molecule has 0 aromatic heterocycles. The van der Waals surface area contributed by atoms with Gasteiger partial charge in [-0.05, 0) is 0 Å². The van der Waals surface area contributed by atoms with Crippen molar-refractivity contribution in [2.75, 3.05) is 0 Å². The van der Waals surface area contributed by atoms with Crippen molar-refractivity contribution in [1.29, 1.82) is 0 Å². The molecule has 64 valence electrons. The SMILES string of the molecule is c1ccc2c(c1)N=C1S[Se]N=C1O2. The molecule has 0 amide bonds. The number of benzene rings is 1. The van der Waals surface area contributed by atoms with Gasteiger partial charge in [-0.1, -0.05) is 0 Å². The van der Waals surface area contributed by atoms with Crippen LogP contribution in [0.1, 0.15) is 0 Å². The van der Waals surface area contributed by atoms with Crippen LogP contribution in [0.2, 0.25) is 0 Å². The normalized spacial score (nSPS) is 18.2. The van der Waals surface area contributed by atoms with Crippen LogP contribution in [-0.2, 0) is 0 Å². The fourth-order valence-corrected chi connectivity index (χ4v) is 3.79. The minimum atomic E-state index is 0.218. The molecule has 0 saturated heterocycles. The monoisotopic (exact) mass is 256 g/mol. The summed E-state index contributed by atoms with van der Waals surface area (Å²) in [6, 6.07) is 7.76. The van der Waals surface area contributed by atoms with Crippen LogP contribution in [0.3, 0.4) is 0 Å². The van der Waals surface area contributed by atoms with Crippen molar-refractivity contribution in [3.63, 3.8) is 0 Å². The van der Waals surface area contributed by atoms with E-state index >= 15 is 0 Å². The second-order valence-electron chi connectivity index (χ2n) is 2.54. The molecule has 3 rings (SSSR count). The van der Waals surface area contributed by atoms with E-state index in [0.717, 1.165) is 16.5 Å². The minimum absolute atomic E-state index is 0.218. The van der Waals surface area contributed by atoms with E-state index in [4.69, 9.17) is 4.74 Å². The van der Waals surface area contributed by atoms with Gasteiger partial charge in [-0.25, -0.2) is 0 Å². The quantitative estimate of drug-likeness (QED) is 0.662. The van der Waals surface area contributed by atoms with Gasteiger partial charge in [0.15, 0.2) is 0 Å². The Balaban J connectivity index is 2.18. The topological polar surface area (TPSA) is 34.0 Å². The molecule has 13 heavy (non-hydrogen) atoms. The van der Waals surface area contributed by atoms with Crippen molar-refractivity contribution in [2.45, 2.75) is 0 Å². The maximum absolute atomic E-state index is 5.57. The first-order chi connectivity index (χ1) is 6.43. The van der Waals surface area contributed by atoms with Gasteiger partial charge in [0.25, 0.3) is 0 Å². The number of ether oxygens (including phenoxy) is 1. The molecule has 0 radical (unpaired) electrons. The Morgan fingerprint density at radius 2 is 2.23 bits per heavy atom. The van der Waals surface area contributed by atoms with E-state index in [9.17, 15) is 0 Å². The molecule has 2 heterocycles. The van der Waals surface area contributed by atoms with Gasteiger partial charge in [0, 0.05) is 0 Å². The van der Waals surface area contributed by atoms with Gasteiger partial charge in [0.1, 0.15) is 0 Å². The van der Waals surface area contributed by atoms with Gasteiger partial charge in [0.05, 0.1) is 0 Å². The number of rotatable bonds is 0. The molecule has 1 aromatic rings. The third-order valence-electron chi connectivity index (χ3n) is 1.71. The van der Waals surface area contributed by atoms with Gasteiger partial charge in [-0.15, -0.1) is 0 Å². The van der Waals surface area contributed by atoms with Crippen molar-refractivity contribution in [2.24, 2.45) is 9.00 Å². The number of nitrogens with zero attached hydrogens (tertiary/aromatic N) is 2. The van der Waals surface area contributed by atoms with E-state index in [1.54, 1.807) is 10.2 Å². The van der Waals surface area contributed by atoms with Crippen LogP contribution in [0.15, 0.2) is 33.3 Å². The summed E-state index contributed by atoms with van der Waals surface area (Å²) in [5, 5.41) is 0.929. The van der Waals surface area contributed by atoms with Crippen LogP contribution < -0.4 is 4.74 Å². The second-order valence-corrected chi connectivity index (χ2v) is 5.61. The predicted octanol–water partition coefficient (Wildman–Crippen LogP) is 1.79. The summed E-state index contributed by atoms with van der Waals surface area (Å²) in [5.41, 5.74) is 0.904. The Kier molecular flexibility index (Phi) is 1.68. The Bertz CT molecular complexity index is 430. The van der Waals surface area contributed by atoms with Crippen molar-refractivity contribution in [3.05, 3.63) is 24.3 Å². The standard InChI is InChI=1S/C8H4N2OSSe/c1-2-4-6-5(3-1)9-8-7(11-6)10-13-12-8/h1-4H. The summed E-state index contributed by atoms with van der Waals surface area (Å²) in [6.45, 7) is 0. The Hall–Kier alpha value is -0.771. The zero-order chi connectivity index (χ0) is 8.67. The number of hydrogen-bond acceptors (Lipinski definition) is 4. The molecule has 2 aliphatic rings. The number of hydrogen-bond donors (Lipinski definition) is 0. The molecule has 5 heteroatoms. The van der Waals surface area contributed by atoms with Crippen LogP contribution >= 0.6 is 10.2 Å². The number of aliphatic imine (C=N–C) groups is 1. The number of fused-ring (bicyclic) bond motifs is 2. The third kappa shape index (κ3) is 1.20. The van der Waals surface area contributed by atoms with E-state index in [-0.39, 0.29) is 14.1 Å². The molecule has 1 aromatic carbocycles. The van der Waals surface area contributed by atoms with E-state index < -0.39 is 0 Å². The molecule has 0 atom stereocenters. The average molecular weight is 255 g/mol. The van der Waals surface area contributed by atoms with Gasteiger partial charge >= 0.3 is 84.6 Å². The van der Waals surface area contributed by atoms with E-state index in [0.29, 0.717) is 5.90 Å². The predicted molar refractivity (Wildman–Crippen MR) is 54.9 cm³/mol. The summed E-state index contributed by atoms with van der Waals surface area (Å²) in [4.78, 5) is 4.45. The molecule has 0 fully saturated rings. The van der Waals surface area contributed by atoms with Crippen molar-refractivity contribution in [3.8, 4) is 5.75 Å². The van der Waals surface area contributed by atoms with Crippen LogP contribution in [-0.4, -0.2) is 25.0 Å².